The van der Waals surface area contributed by atoms with Crippen molar-refractivity contribution in [2.45, 2.75) is 31.0 Å². The summed E-state index contributed by atoms with van der Waals surface area (Å²) in [5.41, 5.74) is 13.4. The second-order valence-corrected chi connectivity index (χ2v) is 16.2. The van der Waals surface area contributed by atoms with Gasteiger partial charge in [-0.15, -0.1) is 5.54 Å². The summed E-state index contributed by atoms with van der Waals surface area (Å²) in [5, 5.41) is 2.41. The Bertz CT molecular complexity index is 1830. The minimum Gasteiger partial charge on any atom is -0.130 e. The molecule has 0 fully saturated rings. The van der Waals surface area contributed by atoms with Gasteiger partial charge in [0.25, 0.3) is 0 Å². The lowest BCUT2D eigenvalue weighted by Crippen LogP contribution is -2.42. The predicted octanol–water partition coefficient (Wildman–Crippen LogP) is 8.26. The smallest absolute Gasteiger partial charge is 0.129 e. The van der Waals surface area contributed by atoms with Crippen molar-refractivity contribution < 1.29 is 0 Å². The highest BCUT2D eigenvalue weighted by molar-refractivity contribution is 6.83. The number of fused-ring (bicyclic) bond motifs is 1. The zero-order valence-corrected chi connectivity index (χ0v) is 23.0. The summed E-state index contributed by atoms with van der Waals surface area (Å²) in [7, 11) is -1.67. The van der Waals surface area contributed by atoms with Crippen LogP contribution in [0.25, 0.3) is 10.8 Å². The summed E-state index contributed by atoms with van der Waals surface area (Å²) in [6.45, 7) is 6.99. The standard InChI is InChI=1S/C37H28Si/c1-38(2,3)25-24-37-33-20-8-6-17-30(33)35(31-18-7-9-21-34(31)37)32-19-11-15-28(36(32)37)23-22-27-14-10-13-26-12-4-5-16-29(26)27/h4-21,35H,1-3H3. The molecule has 0 atom stereocenters. The molecule has 2 bridgehead atoms. The van der Waals surface area contributed by atoms with E-state index in [0.717, 1.165) is 11.1 Å². The SMILES string of the molecule is C[Si](C)(C)C#CC12c3ccccc3C(c3ccccc31)c1cccc(C#Cc3cccc4ccccc34)c12. The quantitative estimate of drug-likeness (QED) is 0.148. The average molecular weight is 501 g/mol. The fourth-order valence-electron chi connectivity index (χ4n) is 6.38. The van der Waals surface area contributed by atoms with E-state index < -0.39 is 13.5 Å². The van der Waals surface area contributed by atoms with Crippen molar-refractivity contribution in [1.82, 2.24) is 0 Å². The zero-order chi connectivity index (χ0) is 25.9. The van der Waals surface area contributed by atoms with E-state index in [4.69, 9.17) is 0 Å². The third-order valence-corrected chi connectivity index (χ3v) is 8.76. The Labute approximate surface area is 226 Å². The van der Waals surface area contributed by atoms with E-state index in [0.29, 0.717) is 0 Å². The maximum Gasteiger partial charge on any atom is 0.129 e. The average Bonchev–Trinajstić information content (AvgIpc) is 2.94. The molecule has 1 heteroatoms. The molecule has 0 radical (unpaired) electrons. The van der Waals surface area contributed by atoms with Crippen LogP contribution in [0.1, 0.15) is 50.4 Å². The first kappa shape index (κ1) is 22.9. The summed E-state index contributed by atoms with van der Waals surface area (Å²) in [6.07, 6.45) is 0. The van der Waals surface area contributed by atoms with Gasteiger partial charge in [-0.1, -0.05) is 134 Å². The minimum atomic E-state index is -1.67. The largest absolute Gasteiger partial charge is 0.130 e. The highest BCUT2D eigenvalue weighted by Crippen LogP contribution is 2.59. The number of rotatable bonds is 0. The van der Waals surface area contributed by atoms with Crippen molar-refractivity contribution in [3.63, 3.8) is 0 Å². The molecule has 180 valence electrons. The fourth-order valence-corrected chi connectivity index (χ4v) is 6.94. The van der Waals surface area contributed by atoms with Crippen molar-refractivity contribution in [2.24, 2.45) is 0 Å². The van der Waals surface area contributed by atoms with E-state index in [-0.39, 0.29) is 5.92 Å². The highest BCUT2D eigenvalue weighted by atomic mass is 28.3. The van der Waals surface area contributed by atoms with Crippen LogP contribution in [0.4, 0.5) is 0 Å². The topological polar surface area (TPSA) is 0 Å². The molecule has 5 aromatic rings. The number of hydrogen-bond donors (Lipinski definition) is 0. The van der Waals surface area contributed by atoms with Crippen molar-refractivity contribution >= 4 is 18.8 Å². The van der Waals surface area contributed by atoms with Gasteiger partial charge in [0, 0.05) is 17.0 Å². The van der Waals surface area contributed by atoms with E-state index in [1.165, 1.54) is 44.2 Å². The Morgan fingerprint density at radius 1 is 0.579 bits per heavy atom. The maximum absolute atomic E-state index is 3.94. The van der Waals surface area contributed by atoms with Gasteiger partial charge in [-0.2, -0.15) is 0 Å². The summed E-state index contributed by atoms with van der Waals surface area (Å²) in [5.74, 6) is 11.3. The molecule has 0 amide bonds. The van der Waals surface area contributed by atoms with Crippen LogP contribution in [-0.2, 0) is 5.41 Å². The summed E-state index contributed by atoms with van der Waals surface area (Å²) in [6, 6.07) is 39.4. The molecule has 3 aliphatic carbocycles. The van der Waals surface area contributed by atoms with Gasteiger partial charge in [0.15, 0.2) is 0 Å². The van der Waals surface area contributed by atoms with Gasteiger partial charge < -0.3 is 0 Å². The molecule has 0 saturated heterocycles. The summed E-state index contributed by atoms with van der Waals surface area (Å²) in [4.78, 5) is 0. The number of hydrogen-bond acceptors (Lipinski definition) is 0. The monoisotopic (exact) mass is 500 g/mol. The molecule has 0 saturated carbocycles. The molecule has 3 aliphatic rings. The lowest BCUT2D eigenvalue weighted by molar-refractivity contribution is 0.664. The molecular weight excluding hydrogens is 472 g/mol. The Balaban J connectivity index is 1.55. The van der Waals surface area contributed by atoms with Gasteiger partial charge in [0.05, 0.1) is 0 Å². The van der Waals surface area contributed by atoms with Crippen molar-refractivity contribution in [1.29, 1.82) is 0 Å². The molecule has 5 aromatic carbocycles. The van der Waals surface area contributed by atoms with E-state index in [2.05, 4.69) is 152 Å². The van der Waals surface area contributed by atoms with Crippen LogP contribution >= 0.6 is 0 Å². The molecule has 0 nitrogen and oxygen atoms in total. The first-order valence-corrected chi connectivity index (χ1v) is 16.8. The van der Waals surface area contributed by atoms with Crippen molar-refractivity contribution in [3.8, 4) is 23.3 Å². The lowest BCUT2D eigenvalue weighted by Gasteiger charge is -2.48. The molecular formula is C37H28Si. The van der Waals surface area contributed by atoms with Gasteiger partial charge in [0.1, 0.15) is 13.5 Å². The van der Waals surface area contributed by atoms with E-state index >= 15 is 0 Å². The first-order valence-electron chi connectivity index (χ1n) is 13.3. The summed E-state index contributed by atoms with van der Waals surface area (Å²) < 4.78 is 0. The third kappa shape index (κ3) is 3.33. The maximum atomic E-state index is 3.94. The predicted molar refractivity (Wildman–Crippen MR) is 161 cm³/mol. The molecule has 0 unspecified atom stereocenters. The van der Waals surface area contributed by atoms with Gasteiger partial charge in [-0.05, 0) is 56.3 Å². The van der Waals surface area contributed by atoms with E-state index in [9.17, 15) is 0 Å². The van der Waals surface area contributed by atoms with Gasteiger partial charge >= 0.3 is 0 Å². The zero-order valence-electron chi connectivity index (χ0n) is 22.0. The molecule has 38 heavy (non-hydrogen) atoms. The molecule has 0 spiro atoms. The molecule has 0 aliphatic heterocycles. The first-order chi connectivity index (χ1) is 18.5. The number of benzene rings is 5. The van der Waals surface area contributed by atoms with Crippen LogP contribution < -0.4 is 0 Å². The van der Waals surface area contributed by atoms with Crippen LogP contribution in [0.15, 0.2) is 109 Å². The van der Waals surface area contributed by atoms with Crippen molar-refractivity contribution in [3.05, 3.63) is 154 Å². The van der Waals surface area contributed by atoms with Gasteiger partial charge in [0.2, 0.25) is 0 Å². The molecule has 0 aromatic heterocycles. The van der Waals surface area contributed by atoms with Gasteiger partial charge in [-0.3, -0.25) is 0 Å². The van der Waals surface area contributed by atoms with Crippen LogP contribution in [0.5, 0.6) is 0 Å². The van der Waals surface area contributed by atoms with Crippen molar-refractivity contribution in [2.75, 3.05) is 0 Å². The van der Waals surface area contributed by atoms with Crippen LogP contribution in [0, 0.1) is 23.3 Å². The Hall–Kier alpha value is -4.30. The van der Waals surface area contributed by atoms with Crippen LogP contribution in [0.3, 0.4) is 0 Å². The Morgan fingerprint density at radius 3 is 1.87 bits per heavy atom. The molecule has 8 rings (SSSR count). The second kappa shape index (κ2) is 8.36. The minimum absolute atomic E-state index is 0.201. The van der Waals surface area contributed by atoms with E-state index in [1.807, 2.05) is 0 Å². The van der Waals surface area contributed by atoms with E-state index in [1.54, 1.807) is 0 Å². The third-order valence-electron chi connectivity index (χ3n) is 7.88. The van der Waals surface area contributed by atoms with Gasteiger partial charge in [-0.25, -0.2) is 0 Å². The summed E-state index contributed by atoms with van der Waals surface area (Å²) >= 11 is 0. The lowest BCUT2D eigenvalue weighted by atomic mass is 9.52. The Kier molecular flexibility index (Phi) is 5.03. The molecule has 0 heterocycles. The normalized spacial score (nSPS) is 18.3. The molecule has 0 N–H and O–H groups in total. The Morgan fingerprint density at radius 2 is 1.13 bits per heavy atom. The fraction of sp³-hybridized carbons (Fsp3) is 0.135. The second-order valence-electron chi connectivity index (χ2n) is 11.4. The van der Waals surface area contributed by atoms with Crippen LogP contribution in [-0.4, -0.2) is 8.07 Å². The van der Waals surface area contributed by atoms with Crippen LogP contribution in [0.2, 0.25) is 19.6 Å². The highest BCUT2D eigenvalue weighted by Gasteiger charge is 2.52.